The van der Waals surface area contributed by atoms with Crippen LogP contribution in [0.2, 0.25) is 0 Å². The van der Waals surface area contributed by atoms with Gasteiger partial charge in [0.1, 0.15) is 5.82 Å². The summed E-state index contributed by atoms with van der Waals surface area (Å²) in [5.74, 6) is -1.21. The van der Waals surface area contributed by atoms with E-state index < -0.39 is 11.7 Å². The van der Waals surface area contributed by atoms with Crippen LogP contribution in [-0.2, 0) is 6.54 Å². The minimum absolute atomic E-state index is 0.102. The van der Waals surface area contributed by atoms with E-state index in [0.29, 0.717) is 17.8 Å². The third kappa shape index (κ3) is 2.59. The van der Waals surface area contributed by atoms with E-state index in [1.54, 1.807) is 13.0 Å². The van der Waals surface area contributed by atoms with Crippen LogP contribution in [0, 0.1) is 24.1 Å². The van der Waals surface area contributed by atoms with Crippen molar-refractivity contribution in [1.82, 2.24) is 0 Å². The fourth-order valence-electron chi connectivity index (χ4n) is 2.69. The summed E-state index contributed by atoms with van der Waals surface area (Å²) in [7, 11) is 0. The number of hydrogen-bond donors (Lipinski definition) is 1. The predicted octanol–water partition coefficient (Wildman–Crippen LogP) is 3.58. The molecule has 0 unspecified atom stereocenters. The average molecular weight is 307 g/mol. The predicted molar refractivity (Wildman–Crippen MR) is 86.2 cm³/mol. The van der Waals surface area contributed by atoms with E-state index >= 15 is 0 Å². The van der Waals surface area contributed by atoms with Gasteiger partial charge in [-0.3, -0.25) is 9.79 Å². The van der Waals surface area contributed by atoms with Crippen molar-refractivity contribution in [3.8, 4) is 6.07 Å². The maximum Gasteiger partial charge on any atom is 0.258 e. The molecule has 0 saturated carbocycles. The van der Waals surface area contributed by atoms with Crippen molar-refractivity contribution in [3.63, 3.8) is 0 Å². The summed E-state index contributed by atoms with van der Waals surface area (Å²) >= 11 is 0. The van der Waals surface area contributed by atoms with Gasteiger partial charge in [0, 0.05) is 17.0 Å². The van der Waals surface area contributed by atoms with Crippen LogP contribution in [0.5, 0.6) is 0 Å². The summed E-state index contributed by atoms with van der Waals surface area (Å²) in [5.41, 5.74) is 4.11. The van der Waals surface area contributed by atoms with Crippen LogP contribution in [0.25, 0.3) is 0 Å². The van der Waals surface area contributed by atoms with Gasteiger partial charge in [0.2, 0.25) is 0 Å². The average Bonchev–Trinajstić information content (AvgIpc) is 2.89. The molecular weight excluding hydrogens is 293 g/mol. The normalized spacial score (nSPS) is 12.3. The van der Waals surface area contributed by atoms with Crippen LogP contribution in [0.4, 0.5) is 10.1 Å². The SMILES string of the molecule is CC1=NCc2ccc(NC(=O)c3c(F)ccc(C#N)c3C)cc21. The molecule has 114 valence electrons. The lowest BCUT2D eigenvalue weighted by Crippen LogP contribution is -2.16. The second kappa shape index (κ2) is 5.65. The summed E-state index contributed by atoms with van der Waals surface area (Å²) in [5, 5.41) is 11.7. The first-order valence-electron chi connectivity index (χ1n) is 7.16. The fraction of sp³-hybridized carbons (Fsp3) is 0.167. The van der Waals surface area contributed by atoms with Gasteiger partial charge < -0.3 is 5.32 Å². The molecule has 0 saturated heterocycles. The van der Waals surface area contributed by atoms with Gasteiger partial charge in [-0.1, -0.05) is 6.07 Å². The van der Waals surface area contributed by atoms with E-state index in [1.807, 2.05) is 25.1 Å². The van der Waals surface area contributed by atoms with Crippen LogP contribution in [-0.4, -0.2) is 11.6 Å². The number of fused-ring (bicyclic) bond motifs is 1. The smallest absolute Gasteiger partial charge is 0.258 e. The van der Waals surface area contributed by atoms with Gasteiger partial charge in [0.25, 0.3) is 5.91 Å². The van der Waals surface area contributed by atoms with Gasteiger partial charge in [0.15, 0.2) is 0 Å². The first kappa shape index (κ1) is 14.9. The summed E-state index contributed by atoms with van der Waals surface area (Å²) < 4.78 is 14.0. The van der Waals surface area contributed by atoms with Crippen molar-refractivity contribution in [3.05, 3.63) is 64.0 Å². The minimum Gasteiger partial charge on any atom is -0.322 e. The highest BCUT2D eigenvalue weighted by Gasteiger charge is 2.19. The van der Waals surface area contributed by atoms with Gasteiger partial charge in [-0.15, -0.1) is 0 Å². The molecule has 3 rings (SSSR count). The summed E-state index contributed by atoms with van der Waals surface area (Å²) in [6.07, 6.45) is 0. The zero-order chi connectivity index (χ0) is 16.6. The van der Waals surface area contributed by atoms with Gasteiger partial charge in [-0.05, 0) is 49.2 Å². The summed E-state index contributed by atoms with van der Waals surface area (Å²) in [4.78, 5) is 16.8. The maximum atomic E-state index is 14.0. The number of carbonyl (C=O) groups is 1. The van der Waals surface area contributed by atoms with E-state index in [2.05, 4.69) is 10.3 Å². The molecule has 2 aromatic rings. The molecule has 4 nitrogen and oxygen atoms in total. The highest BCUT2D eigenvalue weighted by atomic mass is 19.1. The number of hydrogen-bond acceptors (Lipinski definition) is 3. The summed E-state index contributed by atoms with van der Waals surface area (Å²) in [6, 6.07) is 9.98. The molecule has 1 heterocycles. The number of halogens is 1. The highest BCUT2D eigenvalue weighted by molar-refractivity contribution is 6.07. The van der Waals surface area contributed by atoms with Crippen molar-refractivity contribution in [1.29, 1.82) is 5.26 Å². The molecule has 23 heavy (non-hydrogen) atoms. The van der Waals surface area contributed by atoms with Gasteiger partial charge in [-0.25, -0.2) is 4.39 Å². The largest absolute Gasteiger partial charge is 0.322 e. The Morgan fingerprint density at radius 3 is 2.83 bits per heavy atom. The summed E-state index contributed by atoms with van der Waals surface area (Å²) in [6.45, 7) is 4.13. The van der Waals surface area contributed by atoms with Gasteiger partial charge in [-0.2, -0.15) is 5.26 Å². The van der Waals surface area contributed by atoms with E-state index in [4.69, 9.17) is 5.26 Å². The maximum absolute atomic E-state index is 14.0. The van der Waals surface area contributed by atoms with Crippen molar-refractivity contribution < 1.29 is 9.18 Å². The van der Waals surface area contributed by atoms with Crippen LogP contribution in [0.1, 0.15) is 39.5 Å². The molecule has 0 spiro atoms. The zero-order valence-corrected chi connectivity index (χ0v) is 12.8. The number of amides is 1. The molecule has 1 amide bonds. The van der Waals surface area contributed by atoms with Crippen molar-refractivity contribution in [2.24, 2.45) is 4.99 Å². The van der Waals surface area contributed by atoms with Gasteiger partial charge in [0.05, 0.1) is 23.7 Å². The first-order valence-corrected chi connectivity index (χ1v) is 7.16. The Kier molecular flexibility index (Phi) is 3.67. The molecule has 1 aliphatic heterocycles. The quantitative estimate of drug-likeness (QED) is 0.921. The zero-order valence-electron chi connectivity index (χ0n) is 12.8. The number of rotatable bonds is 2. The Labute approximate surface area is 133 Å². The molecule has 2 aromatic carbocycles. The molecule has 0 atom stereocenters. The standard InChI is InChI=1S/C18H14FN3O/c1-10-12(8-20)4-6-16(19)17(10)18(23)22-14-5-3-13-9-21-11(2)15(13)7-14/h3-7H,9H2,1-2H3,(H,22,23). The number of benzene rings is 2. The second-order valence-electron chi connectivity index (χ2n) is 5.43. The molecule has 0 bridgehead atoms. The Hall–Kier alpha value is -3.00. The number of nitrogens with one attached hydrogen (secondary N) is 1. The van der Waals surface area contributed by atoms with Crippen molar-refractivity contribution >= 4 is 17.3 Å². The lowest BCUT2D eigenvalue weighted by Gasteiger charge is -2.11. The molecule has 0 aliphatic carbocycles. The Balaban J connectivity index is 1.93. The van der Waals surface area contributed by atoms with Crippen LogP contribution >= 0.6 is 0 Å². The monoisotopic (exact) mass is 307 g/mol. The Morgan fingerprint density at radius 1 is 1.30 bits per heavy atom. The second-order valence-corrected chi connectivity index (χ2v) is 5.43. The van der Waals surface area contributed by atoms with Crippen molar-refractivity contribution in [2.75, 3.05) is 5.32 Å². The molecule has 1 aliphatic rings. The lowest BCUT2D eigenvalue weighted by molar-refractivity contribution is 0.102. The number of aliphatic imine (C=N–C) groups is 1. The first-order chi connectivity index (χ1) is 11.0. The molecule has 0 radical (unpaired) electrons. The van der Waals surface area contributed by atoms with Crippen molar-refractivity contribution in [2.45, 2.75) is 20.4 Å². The molecule has 1 N–H and O–H groups in total. The molecule has 0 aromatic heterocycles. The van der Waals surface area contributed by atoms with E-state index in [0.717, 1.165) is 22.9 Å². The number of anilines is 1. The highest BCUT2D eigenvalue weighted by Crippen LogP contribution is 2.24. The number of nitrogens with zero attached hydrogens (tertiary/aromatic N) is 2. The molecular formula is C18H14FN3O. The van der Waals surface area contributed by atoms with E-state index in [-0.39, 0.29) is 11.1 Å². The third-order valence-corrected chi connectivity index (χ3v) is 4.01. The molecule has 0 fully saturated rings. The van der Waals surface area contributed by atoms with Crippen LogP contribution < -0.4 is 5.32 Å². The topological polar surface area (TPSA) is 65.2 Å². The van der Waals surface area contributed by atoms with E-state index in [1.165, 1.54) is 6.07 Å². The Morgan fingerprint density at radius 2 is 2.09 bits per heavy atom. The Bertz CT molecular complexity index is 894. The molecule has 5 heteroatoms. The minimum atomic E-state index is -0.641. The number of carbonyl (C=O) groups excluding carboxylic acids is 1. The van der Waals surface area contributed by atoms with Crippen LogP contribution in [0.3, 0.4) is 0 Å². The van der Waals surface area contributed by atoms with Crippen LogP contribution in [0.15, 0.2) is 35.3 Å². The fourth-order valence-corrected chi connectivity index (χ4v) is 2.69. The van der Waals surface area contributed by atoms with Gasteiger partial charge >= 0.3 is 0 Å². The van der Waals surface area contributed by atoms with E-state index in [9.17, 15) is 9.18 Å². The third-order valence-electron chi connectivity index (χ3n) is 4.01. The number of nitriles is 1. The lowest BCUT2D eigenvalue weighted by atomic mass is 10.0.